The molecule has 8 heteroatoms. The van der Waals surface area contributed by atoms with Crippen LogP contribution in [0.15, 0.2) is 0 Å². The average molecular weight is 289 g/mol. The predicted molar refractivity (Wildman–Crippen MR) is 70.5 cm³/mol. The minimum absolute atomic E-state index is 0.00687. The SMILES string of the molecule is CCOC(=O)CN(c1nc(Cl)nc(OC)n1)C(C)C. The second-order valence-electron chi connectivity index (χ2n) is 3.92. The van der Waals surface area contributed by atoms with Crippen molar-refractivity contribution < 1.29 is 14.3 Å². The lowest BCUT2D eigenvalue weighted by Crippen LogP contribution is -2.38. The van der Waals surface area contributed by atoms with Gasteiger partial charge in [0, 0.05) is 6.04 Å². The van der Waals surface area contributed by atoms with E-state index in [2.05, 4.69) is 15.0 Å². The normalized spacial score (nSPS) is 10.4. The Kier molecular flexibility index (Phi) is 5.75. The monoisotopic (exact) mass is 288 g/mol. The maximum Gasteiger partial charge on any atom is 0.325 e. The van der Waals surface area contributed by atoms with Crippen LogP contribution in [-0.2, 0) is 9.53 Å². The van der Waals surface area contributed by atoms with Crippen LogP contribution in [0.5, 0.6) is 6.01 Å². The molecule has 0 fully saturated rings. The highest BCUT2D eigenvalue weighted by atomic mass is 35.5. The fraction of sp³-hybridized carbons (Fsp3) is 0.636. The first-order chi connectivity index (χ1) is 8.97. The van der Waals surface area contributed by atoms with E-state index in [9.17, 15) is 4.79 Å². The molecule has 0 aromatic carbocycles. The van der Waals surface area contributed by atoms with Crippen LogP contribution in [0.3, 0.4) is 0 Å². The van der Waals surface area contributed by atoms with E-state index < -0.39 is 0 Å². The Hall–Kier alpha value is -1.63. The van der Waals surface area contributed by atoms with E-state index in [1.54, 1.807) is 11.8 Å². The Labute approximate surface area is 116 Å². The molecule has 7 nitrogen and oxygen atoms in total. The highest BCUT2D eigenvalue weighted by Crippen LogP contribution is 2.17. The molecule has 0 aliphatic carbocycles. The second kappa shape index (κ2) is 7.08. The molecule has 0 spiro atoms. The molecule has 0 aliphatic heterocycles. The van der Waals surface area contributed by atoms with Crippen molar-refractivity contribution in [2.45, 2.75) is 26.8 Å². The van der Waals surface area contributed by atoms with Gasteiger partial charge in [0.1, 0.15) is 6.54 Å². The van der Waals surface area contributed by atoms with Gasteiger partial charge in [0.2, 0.25) is 11.2 Å². The first-order valence-corrected chi connectivity index (χ1v) is 6.23. The van der Waals surface area contributed by atoms with E-state index in [0.29, 0.717) is 6.61 Å². The van der Waals surface area contributed by atoms with Crippen molar-refractivity contribution in [3.63, 3.8) is 0 Å². The van der Waals surface area contributed by atoms with Gasteiger partial charge in [-0.3, -0.25) is 4.79 Å². The quantitative estimate of drug-likeness (QED) is 0.730. The summed E-state index contributed by atoms with van der Waals surface area (Å²) in [5, 5.41) is 0.0105. The van der Waals surface area contributed by atoms with Crippen LogP contribution >= 0.6 is 11.6 Å². The van der Waals surface area contributed by atoms with Gasteiger partial charge in [-0.2, -0.15) is 15.0 Å². The molecule has 19 heavy (non-hydrogen) atoms. The van der Waals surface area contributed by atoms with Crippen molar-refractivity contribution in [1.29, 1.82) is 0 Å². The fourth-order valence-electron chi connectivity index (χ4n) is 1.37. The van der Waals surface area contributed by atoms with Crippen LogP contribution in [0.25, 0.3) is 0 Å². The Morgan fingerprint density at radius 3 is 2.58 bits per heavy atom. The van der Waals surface area contributed by atoms with E-state index in [1.165, 1.54) is 7.11 Å². The molecule has 1 rings (SSSR count). The first-order valence-electron chi connectivity index (χ1n) is 5.85. The third kappa shape index (κ3) is 4.51. The molecule has 0 saturated carbocycles. The van der Waals surface area contributed by atoms with Crippen LogP contribution in [0, 0.1) is 0 Å². The molecule has 0 bridgehead atoms. The smallest absolute Gasteiger partial charge is 0.325 e. The Morgan fingerprint density at radius 1 is 1.37 bits per heavy atom. The van der Waals surface area contributed by atoms with Crippen molar-refractivity contribution in [2.24, 2.45) is 0 Å². The summed E-state index contributed by atoms with van der Waals surface area (Å²) in [6.45, 7) is 5.92. The molecule has 0 radical (unpaired) electrons. The molecule has 0 aliphatic rings. The zero-order valence-electron chi connectivity index (χ0n) is 11.4. The zero-order chi connectivity index (χ0) is 14.4. The van der Waals surface area contributed by atoms with Crippen molar-refractivity contribution in [1.82, 2.24) is 15.0 Å². The van der Waals surface area contributed by atoms with E-state index in [4.69, 9.17) is 21.1 Å². The predicted octanol–water partition coefficient (Wildman–Crippen LogP) is 1.31. The van der Waals surface area contributed by atoms with Crippen molar-refractivity contribution in [3.05, 3.63) is 5.28 Å². The number of nitrogens with zero attached hydrogens (tertiary/aromatic N) is 4. The standard InChI is InChI=1S/C11H17ClN4O3/c1-5-19-8(17)6-16(7(2)3)10-13-9(12)14-11(15-10)18-4/h7H,5-6H2,1-4H3. The number of ether oxygens (including phenoxy) is 2. The van der Waals surface area contributed by atoms with Gasteiger partial charge in [-0.1, -0.05) is 0 Å². The van der Waals surface area contributed by atoms with Gasteiger partial charge < -0.3 is 14.4 Å². The second-order valence-corrected chi connectivity index (χ2v) is 4.26. The number of hydrogen-bond donors (Lipinski definition) is 0. The molecule has 0 amide bonds. The van der Waals surface area contributed by atoms with Gasteiger partial charge in [0.15, 0.2) is 0 Å². The van der Waals surface area contributed by atoms with Crippen molar-refractivity contribution >= 4 is 23.5 Å². The number of halogens is 1. The molecule has 0 N–H and O–H groups in total. The summed E-state index contributed by atoms with van der Waals surface area (Å²) in [4.78, 5) is 25.1. The molecule has 0 atom stereocenters. The number of aromatic nitrogens is 3. The Morgan fingerprint density at radius 2 is 2.05 bits per heavy atom. The van der Waals surface area contributed by atoms with E-state index in [-0.39, 0.29) is 35.8 Å². The van der Waals surface area contributed by atoms with Gasteiger partial charge in [-0.05, 0) is 32.4 Å². The summed E-state index contributed by atoms with van der Waals surface area (Å²) in [6.07, 6.45) is 0. The highest BCUT2D eigenvalue weighted by molar-refractivity contribution is 6.28. The van der Waals surface area contributed by atoms with Crippen LogP contribution < -0.4 is 9.64 Å². The largest absolute Gasteiger partial charge is 0.467 e. The maximum absolute atomic E-state index is 11.6. The Balaban J connectivity index is 2.98. The maximum atomic E-state index is 11.6. The average Bonchev–Trinajstić information content (AvgIpc) is 2.35. The molecule has 1 aromatic rings. The molecule has 0 saturated heterocycles. The lowest BCUT2D eigenvalue weighted by atomic mass is 10.3. The number of esters is 1. The molecule has 0 unspecified atom stereocenters. The van der Waals surface area contributed by atoms with Crippen LogP contribution in [0.1, 0.15) is 20.8 Å². The van der Waals surface area contributed by atoms with Crippen LogP contribution in [-0.4, -0.2) is 47.2 Å². The summed E-state index contributed by atoms with van der Waals surface area (Å²) in [5.41, 5.74) is 0. The minimum atomic E-state index is -0.355. The van der Waals surface area contributed by atoms with Crippen molar-refractivity contribution in [3.8, 4) is 6.01 Å². The van der Waals surface area contributed by atoms with Gasteiger partial charge in [-0.15, -0.1) is 0 Å². The van der Waals surface area contributed by atoms with Gasteiger partial charge >= 0.3 is 12.0 Å². The summed E-state index contributed by atoms with van der Waals surface area (Å²) >= 11 is 5.79. The third-order valence-electron chi connectivity index (χ3n) is 2.24. The number of carbonyl (C=O) groups is 1. The number of hydrogen-bond acceptors (Lipinski definition) is 7. The summed E-state index contributed by atoms with van der Waals surface area (Å²) in [6, 6.07) is 0.0945. The fourth-order valence-corrected chi connectivity index (χ4v) is 1.52. The number of methoxy groups -OCH3 is 1. The number of anilines is 1. The number of rotatable bonds is 6. The summed E-state index contributed by atoms with van der Waals surface area (Å²) < 4.78 is 9.84. The van der Waals surface area contributed by atoms with Gasteiger partial charge in [0.05, 0.1) is 13.7 Å². The highest BCUT2D eigenvalue weighted by Gasteiger charge is 2.20. The number of carbonyl (C=O) groups excluding carboxylic acids is 1. The van der Waals surface area contributed by atoms with E-state index in [1.807, 2.05) is 13.8 Å². The summed E-state index contributed by atoms with van der Waals surface area (Å²) in [5.74, 6) is -0.0772. The van der Waals surface area contributed by atoms with Crippen LogP contribution in [0.2, 0.25) is 5.28 Å². The van der Waals surface area contributed by atoms with Crippen LogP contribution in [0.4, 0.5) is 5.95 Å². The minimum Gasteiger partial charge on any atom is -0.467 e. The van der Waals surface area contributed by atoms with Crippen molar-refractivity contribution in [2.75, 3.05) is 25.2 Å². The molecular weight excluding hydrogens is 272 g/mol. The first kappa shape index (κ1) is 15.4. The molecule has 106 valence electrons. The lowest BCUT2D eigenvalue weighted by Gasteiger charge is -2.25. The Bertz CT molecular complexity index is 442. The summed E-state index contributed by atoms with van der Waals surface area (Å²) in [7, 11) is 1.43. The van der Waals surface area contributed by atoms with E-state index in [0.717, 1.165) is 0 Å². The molecule has 1 aromatic heterocycles. The molecule has 1 heterocycles. The lowest BCUT2D eigenvalue weighted by molar-refractivity contribution is -0.141. The van der Waals surface area contributed by atoms with Gasteiger partial charge in [0.25, 0.3) is 0 Å². The third-order valence-corrected chi connectivity index (χ3v) is 2.41. The zero-order valence-corrected chi connectivity index (χ0v) is 12.1. The molecular formula is C11H17ClN4O3. The van der Waals surface area contributed by atoms with Gasteiger partial charge in [-0.25, -0.2) is 0 Å². The van der Waals surface area contributed by atoms with E-state index >= 15 is 0 Å². The topological polar surface area (TPSA) is 77.4 Å².